The van der Waals surface area contributed by atoms with E-state index >= 15 is 0 Å². The molecule has 0 fully saturated rings. The van der Waals surface area contributed by atoms with Crippen LogP contribution in [-0.2, 0) is 4.79 Å². The molecule has 0 radical (unpaired) electrons. The molecule has 0 spiro atoms. The molecule has 1 aliphatic rings. The van der Waals surface area contributed by atoms with E-state index in [1.807, 2.05) is 18.2 Å². The number of rotatable bonds is 8. The van der Waals surface area contributed by atoms with Crippen LogP contribution in [0.15, 0.2) is 24.3 Å². The molecule has 1 amide bonds. The van der Waals surface area contributed by atoms with E-state index < -0.39 is 0 Å². The van der Waals surface area contributed by atoms with Gasteiger partial charge >= 0.3 is 0 Å². The molecule has 1 N–H and O–H groups in total. The normalized spacial score (nSPS) is 14.3. The largest absolute Gasteiger partial charge is 0.454 e. The van der Waals surface area contributed by atoms with Crippen molar-refractivity contribution in [1.82, 2.24) is 5.32 Å². The van der Waals surface area contributed by atoms with Crippen LogP contribution in [0.1, 0.15) is 45.1 Å². The first kappa shape index (κ1) is 16.4. The van der Waals surface area contributed by atoms with E-state index in [1.54, 1.807) is 12.2 Å². The molecule has 0 aromatic heterocycles. The Bertz CT molecular complexity index is 525. The van der Waals surface area contributed by atoms with Crippen LogP contribution in [0, 0.1) is 5.92 Å². The number of hydrogen-bond acceptors (Lipinski definition) is 3. The van der Waals surface area contributed by atoms with E-state index in [-0.39, 0.29) is 12.7 Å². The lowest BCUT2D eigenvalue weighted by Gasteiger charge is -2.14. The van der Waals surface area contributed by atoms with Crippen LogP contribution in [0.3, 0.4) is 0 Å². The highest BCUT2D eigenvalue weighted by atomic mass is 16.7. The van der Waals surface area contributed by atoms with Crippen molar-refractivity contribution >= 4 is 12.0 Å². The predicted octanol–water partition coefficient (Wildman–Crippen LogP) is 3.76. The second kappa shape index (κ2) is 8.47. The van der Waals surface area contributed by atoms with Gasteiger partial charge in [0.25, 0.3) is 0 Å². The molecular weight excluding hydrogens is 278 g/mol. The van der Waals surface area contributed by atoms with Crippen LogP contribution in [0.25, 0.3) is 6.08 Å². The summed E-state index contributed by atoms with van der Waals surface area (Å²) in [5.41, 5.74) is 0.928. The quantitative estimate of drug-likeness (QED) is 0.744. The van der Waals surface area contributed by atoms with Crippen LogP contribution >= 0.6 is 0 Å². The van der Waals surface area contributed by atoms with Crippen LogP contribution in [0.2, 0.25) is 0 Å². The maximum absolute atomic E-state index is 11.9. The number of carbonyl (C=O) groups excluding carboxylic acids is 1. The van der Waals surface area contributed by atoms with Gasteiger partial charge in [0.2, 0.25) is 12.7 Å². The Balaban J connectivity index is 1.81. The zero-order valence-electron chi connectivity index (χ0n) is 13.4. The zero-order chi connectivity index (χ0) is 15.8. The van der Waals surface area contributed by atoms with Crippen LogP contribution in [-0.4, -0.2) is 19.2 Å². The summed E-state index contributed by atoms with van der Waals surface area (Å²) < 4.78 is 10.6. The van der Waals surface area contributed by atoms with Crippen molar-refractivity contribution in [3.8, 4) is 11.5 Å². The molecule has 1 heterocycles. The van der Waals surface area contributed by atoms with Crippen molar-refractivity contribution < 1.29 is 14.3 Å². The van der Waals surface area contributed by atoms with Crippen molar-refractivity contribution in [2.75, 3.05) is 13.3 Å². The molecule has 120 valence electrons. The van der Waals surface area contributed by atoms with Crippen molar-refractivity contribution in [3.05, 3.63) is 29.8 Å². The Kier molecular flexibility index (Phi) is 6.31. The smallest absolute Gasteiger partial charge is 0.244 e. The van der Waals surface area contributed by atoms with Gasteiger partial charge in [-0.05, 0) is 36.1 Å². The molecule has 0 aliphatic carbocycles. The molecule has 0 saturated carbocycles. The summed E-state index contributed by atoms with van der Waals surface area (Å²) in [7, 11) is 0. The third-order valence-corrected chi connectivity index (χ3v) is 3.93. The van der Waals surface area contributed by atoms with Crippen LogP contribution < -0.4 is 14.8 Å². The third-order valence-electron chi connectivity index (χ3n) is 3.93. The molecule has 1 aromatic rings. The number of fused-ring (bicyclic) bond motifs is 1. The molecular formula is C18H25NO3. The van der Waals surface area contributed by atoms with Crippen molar-refractivity contribution in [1.29, 1.82) is 0 Å². The highest BCUT2D eigenvalue weighted by molar-refractivity contribution is 5.91. The van der Waals surface area contributed by atoms with Gasteiger partial charge < -0.3 is 14.8 Å². The van der Waals surface area contributed by atoms with Gasteiger partial charge in [0.1, 0.15) is 0 Å². The van der Waals surface area contributed by atoms with E-state index in [9.17, 15) is 4.79 Å². The van der Waals surface area contributed by atoms with E-state index in [1.165, 1.54) is 19.3 Å². The predicted molar refractivity (Wildman–Crippen MR) is 87.9 cm³/mol. The number of unbranched alkanes of at least 4 members (excludes halogenated alkanes) is 1. The Hall–Kier alpha value is -1.97. The van der Waals surface area contributed by atoms with Gasteiger partial charge in [-0.1, -0.05) is 39.2 Å². The minimum atomic E-state index is -0.0485. The summed E-state index contributed by atoms with van der Waals surface area (Å²) in [6.45, 7) is 5.38. The number of nitrogens with one attached hydrogen (secondary N) is 1. The molecule has 1 unspecified atom stereocenters. The first-order chi connectivity index (χ1) is 10.7. The third kappa shape index (κ3) is 4.79. The monoisotopic (exact) mass is 303 g/mol. The van der Waals surface area contributed by atoms with Crippen molar-refractivity contribution in [2.45, 2.75) is 39.5 Å². The lowest BCUT2D eigenvalue weighted by atomic mass is 9.99. The maximum atomic E-state index is 11.9. The minimum absolute atomic E-state index is 0.0485. The van der Waals surface area contributed by atoms with Gasteiger partial charge in [-0.25, -0.2) is 0 Å². The highest BCUT2D eigenvalue weighted by Gasteiger charge is 2.12. The number of benzene rings is 1. The molecule has 22 heavy (non-hydrogen) atoms. The molecule has 0 bridgehead atoms. The summed E-state index contributed by atoms with van der Waals surface area (Å²) in [5, 5.41) is 2.98. The van der Waals surface area contributed by atoms with E-state index in [0.29, 0.717) is 5.92 Å². The lowest BCUT2D eigenvalue weighted by molar-refractivity contribution is -0.116. The van der Waals surface area contributed by atoms with E-state index in [4.69, 9.17) is 9.47 Å². The maximum Gasteiger partial charge on any atom is 0.244 e. The fourth-order valence-corrected chi connectivity index (χ4v) is 2.44. The Morgan fingerprint density at radius 1 is 1.32 bits per heavy atom. The topological polar surface area (TPSA) is 47.6 Å². The van der Waals surface area contributed by atoms with Crippen molar-refractivity contribution in [3.63, 3.8) is 0 Å². The summed E-state index contributed by atoms with van der Waals surface area (Å²) in [6, 6.07) is 5.65. The molecule has 4 nitrogen and oxygen atoms in total. The Morgan fingerprint density at radius 2 is 2.14 bits per heavy atom. The highest BCUT2D eigenvalue weighted by Crippen LogP contribution is 2.32. The lowest BCUT2D eigenvalue weighted by Crippen LogP contribution is -2.27. The summed E-state index contributed by atoms with van der Waals surface area (Å²) >= 11 is 0. The van der Waals surface area contributed by atoms with Gasteiger partial charge in [-0.15, -0.1) is 0 Å². The zero-order valence-corrected chi connectivity index (χ0v) is 13.4. The molecule has 1 aliphatic heterocycles. The van der Waals surface area contributed by atoms with Crippen LogP contribution in [0.4, 0.5) is 0 Å². The molecule has 2 rings (SSSR count). The summed E-state index contributed by atoms with van der Waals surface area (Å²) in [6.07, 6.45) is 8.08. The fraction of sp³-hybridized carbons (Fsp3) is 0.500. The van der Waals surface area contributed by atoms with Crippen molar-refractivity contribution in [2.24, 2.45) is 5.92 Å². The average Bonchev–Trinajstić information content (AvgIpc) is 3.00. The number of carbonyl (C=O) groups is 1. The molecule has 1 atom stereocenters. The summed E-state index contributed by atoms with van der Waals surface area (Å²) in [5.74, 6) is 2.01. The standard InChI is InChI=1S/C18H25NO3/c1-3-5-6-14(4-2)12-19-18(20)10-8-15-7-9-16-17(11-15)22-13-21-16/h7-11,14H,3-6,12-13H2,1-2H3,(H,19,20). The number of hydrogen-bond donors (Lipinski definition) is 1. The molecule has 1 aromatic carbocycles. The summed E-state index contributed by atoms with van der Waals surface area (Å²) in [4.78, 5) is 11.9. The SMILES string of the molecule is CCCCC(CC)CNC(=O)C=Cc1ccc2c(c1)OCO2. The number of ether oxygens (including phenoxy) is 2. The first-order valence-electron chi connectivity index (χ1n) is 8.08. The molecule has 0 saturated heterocycles. The number of amides is 1. The van der Waals surface area contributed by atoms with Gasteiger partial charge in [0.05, 0.1) is 0 Å². The second-order valence-electron chi connectivity index (χ2n) is 5.61. The van der Waals surface area contributed by atoms with E-state index in [2.05, 4.69) is 19.2 Å². The fourth-order valence-electron chi connectivity index (χ4n) is 2.44. The Morgan fingerprint density at radius 3 is 2.91 bits per heavy atom. The average molecular weight is 303 g/mol. The van der Waals surface area contributed by atoms with Gasteiger partial charge in [0.15, 0.2) is 11.5 Å². The molecule has 4 heteroatoms. The first-order valence-corrected chi connectivity index (χ1v) is 8.08. The Labute approximate surface area is 132 Å². The van der Waals surface area contributed by atoms with E-state index in [0.717, 1.165) is 30.0 Å². The van der Waals surface area contributed by atoms with Gasteiger partial charge in [0, 0.05) is 12.6 Å². The van der Waals surface area contributed by atoms with Gasteiger partial charge in [-0.3, -0.25) is 4.79 Å². The second-order valence-corrected chi connectivity index (χ2v) is 5.61. The minimum Gasteiger partial charge on any atom is -0.454 e. The van der Waals surface area contributed by atoms with Gasteiger partial charge in [-0.2, -0.15) is 0 Å². The van der Waals surface area contributed by atoms with Crippen LogP contribution in [0.5, 0.6) is 11.5 Å².